The number of rotatable bonds is 4. The Labute approximate surface area is 94.7 Å². The molecule has 1 amide bonds. The molecule has 0 saturated heterocycles. The molecule has 0 spiro atoms. The van der Waals surface area contributed by atoms with Crippen molar-refractivity contribution in [2.45, 2.75) is 32.0 Å². The smallest absolute Gasteiger partial charge is 0.249 e. The minimum atomic E-state index is -1.56. The molecule has 0 saturated carbocycles. The number of aliphatic hydroxyl groups is 2. The fourth-order valence-corrected chi connectivity index (χ4v) is 1.42. The van der Waals surface area contributed by atoms with Gasteiger partial charge in [0.2, 0.25) is 5.91 Å². The van der Waals surface area contributed by atoms with E-state index >= 15 is 0 Å². The van der Waals surface area contributed by atoms with E-state index < -0.39 is 18.1 Å². The van der Waals surface area contributed by atoms with E-state index in [1.807, 2.05) is 12.1 Å². The standard InChI is InChI=1S/C12H17NO3/c1-7(2)8-3-5-9(6-4-8)10(14)11(15)12(13)16/h3-7,10-11,14-15H,1-2H3,(H2,13,16). The van der Waals surface area contributed by atoms with Crippen LogP contribution < -0.4 is 5.73 Å². The van der Waals surface area contributed by atoms with Crippen molar-refractivity contribution in [3.8, 4) is 0 Å². The fourth-order valence-electron chi connectivity index (χ4n) is 1.42. The van der Waals surface area contributed by atoms with Crippen LogP contribution in [0.3, 0.4) is 0 Å². The third-order valence-corrected chi connectivity index (χ3v) is 2.54. The van der Waals surface area contributed by atoms with E-state index in [4.69, 9.17) is 5.73 Å². The van der Waals surface area contributed by atoms with Crippen molar-refractivity contribution in [3.05, 3.63) is 35.4 Å². The predicted octanol–water partition coefficient (Wildman–Crippen LogP) is 0.690. The second kappa shape index (κ2) is 5.09. The maximum atomic E-state index is 10.7. The van der Waals surface area contributed by atoms with Gasteiger partial charge in [-0.3, -0.25) is 4.79 Å². The first kappa shape index (κ1) is 12.7. The van der Waals surface area contributed by atoms with E-state index in [1.54, 1.807) is 12.1 Å². The molecule has 16 heavy (non-hydrogen) atoms. The van der Waals surface area contributed by atoms with Gasteiger partial charge in [0.05, 0.1) is 0 Å². The van der Waals surface area contributed by atoms with Crippen LogP contribution in [0, 0.1) is 0 Å². The highest BCUT2D eigenvalue weighted by atomic mass is 16.3. The molecule has 88 valence electrons. The summed E-state index contributed by atoms with van der Waals surface area (Å²) in [6.45, 7) is 4.12. The molecule has 0 aliphatic heterocycles. The monoisotopic (exact) mass is 223 g/mol. The quantitative estimate of drug-likeness (QED) is 0.702. The Hall–Kier alpha value is -1.39. The first-order valence-electron chi connectivity index (χ1n) is 5.18. The molecule has 1 rings (SSSR count). The number of carbonyl (C=O) groups excluding carboxylic acids is 1. The van der Waals surface area contributed by atoms with Gasteiger partial charge in [-0.15, -0.1) is 0 Å². The van der Waals surface area contributed by atoms with Gasteiger partial charge in [-0.05, 0) is 17.0 Å². The van der Waals surface area contributed by atoms with E-state index in [1.165, 1.54) is 0 Å². The summed E-state index contributed by atoms with van der Waals surface area (Å²) in [6, 6.07) is 7.09. The van der Waals surface area contributed by atoms with Crippen LogP contribution in [0.5, 0.6) is 0 Å². The number of benzene rings is 1. The van der Waals surface area contributed by atoms with Crippen LogP contribution in [-0.4, -0.2) is 22.2 Å². The van der Waals surface area contributed by atoms with Gasteiger partial charge in [-0.2, -0.15) is 0 Å². The van der Waals surface area contributed by atoms with E-state index in [9.17, 15) is 15.0 Å². The lowest BCUT2D eigenvalue weighted by atomic mass is 9.98. The van der Waals surface area contributed by atoms with Gasteiger partial charge >= 0.3 is 0 Å². The molecule has 0 fully saturated rings. The van der Waals surface area contributed by atoms with Crippen LogP contribution in [0.15, 0.2) is 24.3 Å². The van der Waals surface area contributed by atoms with Crippen molar-refractivity contribution in [1.82, 2.24) is 0 Å². The van der Waals surface area contributed by atoms with Crippen LogP contribution in [0.4, 0.5) is 0 Å². The molecule has 2 unspecified atom stereocenters. The lowest BCUT2D eigenvalue weighted by molar-refractivity contribution is -0.131. The van der Waals surface area contributed by atoms with Crippen molar-refractivity contribution in [1.29, 1.82) is 0 Å². The SMILES string of the molecule is CC(C)c1ccc(C(O)C(O)C(N)=O)cc1. The van der Waals surface area contributed by atoms with Crippen LogP contribution in [0.25, 0.3) is 0 Å². The Balaban J connectivity index is 2.85. The molecule has 1 aromatic carbocycles. The molecule has 1 aromatic rings. The predicted molar refractivity (Wildman–Crippen MR) is 60.7 cm³/mol. The molecule has 0 aromatic heterocycles. The van der Waals surface area contributed by atoms with Crippen LogP contribution in [0.1, 0.15) is 37.0 Å². The summed E-state index contributed by atoms with van der Waals surface area (Å²) in [5, 5.41) is 18.9. The van der Waals surface area contributed by atoms with Gasteiger partial charge in [0.25, 0.3) is 0 Å². The maximum absolute atomic E-state index is 10.7. The molecular weight excluding hydrogens is 206 g/mol. The van der Waals surface area contributed by atoms with E-state index in [0.717, 1.165) is 5.56 Å². The second-order valence-corrected chi connectivity index (χ2v) is 4.11. The van der Waals surface area contributed by atoms with Gasteiger partial charge in [0.15, 0.2) is 6.10 Å². The lowest BCUT2D eigenvalue weighted by Crippen LogP contribution is -2.33. The highest BCUT2D eigenvalue weighted by molar-refractivity contribution is 5.79. The van der Waals surface area contributed by atoms with Gasteiger partial charge in [0.1, 0.15) is 6.10 Å². The Bertz CT molecular complexity index is 359. The first-order valence-corrected chi connectivity index (χ1v) is 5.18. The molecule has 0 bridgehead atoms. The Morgan fingerprint density at radius 3 is 1.94 bits per heavy atom. The molecule has 0 aliphatic rings. The number of hydrogen-bond acceptors (Lipinski definition) is 3. The van der Waals surface area contributed by atoms with E-state index in [-0.39, 0.29) is 0 Å². The molecule has 2 atom stereocenters. The van der Waals surface area contributed by atoms with Gasteiger partial charge in [0, 0.05) is 0 Å². The minimum absolute atomic E-state index is 0.396. The summed E-state index contributed by atoms with van der Waals surface area (Å²) >= 11 is 0. The summed E-state index contributed by atoms with van der Waals surface area (Å²) in [4.78, 5) is 10.7. The minimum Gasteiger partial charge on any atom is -0.385 e. The number of aliphatic hydroxyl groups excluding tert-OH is 2. The lowest BCUT2D eigenvalue weighted by Gasteiger charge is -2.15. The fraction of sp³-hybridized carbons (Fsp3) is 0.417. The Morgan fingerprint density at radius 1 is 1.12 bits per heavy atom. The average molecular weight is 223 g/mol. The van der Waals surface area contributed by atoms with Crippen molar-refractivity contribution in [3.63, 3.8) is 0 Å². The zero-order valence-corrected chi connectivity index (χ0v) is 9.42. The van der Waals surface area contributed by atoms with E-state index in [2.05, 4.69) is 13.8 Å². The topological polar surface area (TPSA) is 83.6 Å². The van der Waals surface area contributed by atoms with Crippen LogP contribution >= 0.6 is 0 Å². The van der Waals surface area contributed by atoms with Crippen molar-refractivity contribution < 1.29 is 15.0 Å². The molecular formula is C12H17NO3. The second-order valence-electron chi connectivity index (χ2n) is 4.11. The largest absolute Gasteiger partial charge is 0.385 e. The Morgan fingerprint density at radius 2 is 1.56 bits per heavy atom. The van der Waals surface area contributed by atoms with Gasteiger partial charge < -0.3 is 15.9 Å². The average Bonchev–Trinajstić information content (AvgIpc) is 2.27. The molecule has 4 nitrogen and oxygen atoms in total. The molecule has 0 radical (unpaired) electrons. The summed E-state index contributed by atoms with van der Waals surface area (Å²) < 4.78 is 0. The van der Waals surface area contributed by atoms with Crippen LogP contribution in [0.2, 0.25) is 0 Å². The zero-order valence-electron chi connectivity index (χ0n) is 9.42. The number of nitrogens with two attached hydrogens (primary N) is 1. The summed E-state index contributed by atoms with van der Waals surface area (Å²) in [5.74, 6) is -0.535. The van der Waals surface area contributed by atoms with Gasteiger partial charge in [-0.1, -0.05) is 38.1 Å². The van der Waals surface area contributed by atoms with Crippen molar-refractivity contribution >= 4 is 5.91 Å². The third-order valence-electron chi connectivity index (χ3n) is 2.54. The van der Waals surface area contributed by atoms with Crippen molar-refractivity contribution in [2.75, 3.05) is 0 Å². The normalized spacial score (nSPS) is 14.8. The third kappa shape index (κ3) is 2.81. The van der Waals surface area contributed by atoms with E-state index in [0.29, 0.717) is 11.5 Å². The number of hydrogen-bond donors (Lipinski definition) is 3. The summed E-state index contributed by atoms with van der Waals surface area (Å²) in [7, 11) is 0. The first-order chi connectivity index (χ1) is 7.43. The zero-order chi connectivity index (χ0) is 12.3. The summed E-state index contributed by atoms with van der Waals surface area (Å²) in [6.07, 6.45) is -2.83. The highest BCUT2D eigenvalue weighted by Crippen LogP contribution is 2.20. The molecule has 4 N–H and O–H groups in total. The molecule has 0 aliphatic carbocycles. The highest BCUT2D eigenvalue weighted by Gasteiger charge is 2.23. The number of primary amides is 1. The molecule has 4 heteroatoms. The number of amides is 1. The summed E-state index contributed by atoms with van der Waals surface area (Å²) in [5.41, 5.74) is 6.51. The van der Waals surface area contributed by atoms with Crippen LogP contribution in [-0.2, 0) is 4.79 Å². The van der Waals surface area contributed by atoms with Gasteiger partial charge in [-0.25, -0.2) is 0 Å². The Kier molecular flexibility index (Phi) is 4.04. The molecule has 0 heterocycles. The maximum Gasteiger partial charge on any atom is 0.249 e. The number of carbonyl (C=O) groups is 1. The van der Waals surface area contributed by atoms with Crippen molar-refractivity contribution in [2.24, 2.45) is 5.73 Å².